The second-order valence-electron chi connectivity index (χ2n) is 7.93. The summed E-state index contributed by atoms with van der Waals surface area (Å²) in [5.74, 6) is -3.07. The largest absolute Gasteiger partial charge is 0.491 e. The molecule has 0 fully saturated rings. The maximum Gasteiger partial charge on any atom is 0.491 e. The van der Waals surface area contributed by atoms with Crippen LogP contribution in [-0.4, -0.2) is 57.3 Å². The minimum Gasteiger partial charge on any atom is -0.491 e. The Morgan fingerprint density at radius 1 is 1.03 bits per heavy atom. The van der Waals surface area contributed by atoms with E-state index in [4.69, 9.17) is 9.47 Å². The van der Waals surface area contributed by atoms with E-state index < -0.39 is 28.6 Å². The first kappa shape index (κ1) is 26.4. The van der Waals surface area contributed by atoms with Crippen LogP contribution in [0.4, 0.5) is 30.8 Å². The van der Waals surface area contributed by atoms with Crippen LogP contribution >= 0.6 is 0 Å². The first-order valence-corrected chi connectivity index (χ1v) is 10.9. The van der Waals surface area contributed by atoms with Gasteiger partial charge in [-0.1, -0.05) is 0 Å². The molecule has 0 aliphatic heterocycles. The molecule has 1 N–H and O–H groups in total. The summed E-state index contributed by atoms with van der Waals surface area (Å²) in [6, 6.07) is 7.25. The Labute approximate surface area is 211 Å². The number of anilines is 2. The van der Waals surface area contributed by atoms with Crippen molar-refractivity contribution in [2.24, 2.45) is 0 Å². The molecular weight excluding hydrogens is 513 g/mol. The number of methoxy groups -OCH3 is 1. The highest BCUT2D eigenvalue weighted by Crippen LogP contribution is 2.33. The van der Waals surface area contributed by atoms with Crippen LogP contribution in [0, 0.1) is 24.0 Å². The van der Waals surface area contributed by atoms with Gasteiger partial charge < -0.3 is 14.2 Å². The highest BCUT2D eigenvalue weighted by Gasteiger charge is 2.42. The fourth-order valence-corrected chi connectivity index (χ4v) is 3.49. The molecule has 4 rings (SSSR count). The number of carbonyl (C=O) groups excluding carboxylic acids is 1. The lowest BCUT2D eigenvalue weighted by molar-refractivity contribution is -0.384. The Kier molecular flexibility index (Phi) is 7.21. The van der Waals surface area contributed by atoms with E-state index in [0.717, 1.165) is 6.07 Å². The number of non-ortho nitro benzene ring substituents is 1. The molecule has 38 heavy (non-hydrogen) atoms. The molecule has 0 saturated carbocycles. The van der Waals surface area contributed by atoms with Crippen molar-refractivity contribution in [3.63, 3.8) is 0 Å². The quantitative estimate of drug-likeness (QED) is 0.149. The Balaban J connectivity index is 1.75. The van der Waals surface area contributed by atoms with Crippen LogP contribution in [0.3, 0.4) is 0 Å². The summed E-state index contributed by atoms with van der Waals surface area (Å²) in [5.41, 5.74) is 0.887. The maximum atomic E-state index is 12.9. The van der Waals surface area contributed by atoms with Gasteiger partial charge in [0.25, 0.3) is 5.69 Å². The first-order chi connectivity index (χ1) is 18.0. The van der Waals surface area contributed by atoms with Crippen LogP contribution in [0.25, 0.3) is 21.8 Å². The smallest absolute Gasteiger partial charge is 0.491 e. The predicted octanol–water partition coefficient (Wildman–Crippen LogP) is 4.33. The van der Waals surface area contributed by atoms with Crippen LogP contribution in [-0.2, 0) is 9.53 Å². The minimum absolute atomic E-state index is 0.00932. The van der Waals surface area contributed by atoms with Crippen molar-refractivity contribution in [2.75, 3.05) is 25.6 Å². The van der Waals surface area contributed by atoms with Crippen molar-refractivity contribution in [1.82, 2.24) is 19.9 Å². The molecule has 2 heterocycles. The molecule has 0 bridgehead atoms. The van der Waals surface area contributed by atoms with Gasteiger partial charge >= 0.3 is 12.1 Å². The van der Waals surface area contributed by atoms with Crippen LogP contribution in [0.5, 0.6) is 11.6 Å². The Bertz CT molecular complexity index is 1560. The molecule has 2 aromatic carbocycles. The Morgan fingerprint density at radius 3 is 2.45 bits per heavy atom. The number of aryl methyl sites for hydroxylation is 2. The zero-order valence-corrected chi connectivity index (χ0v) is 20.1. The average molecular weight is 532 g/mol. The molecular formula is C23H19F3N6O6. The van der Waals surface area contributed by atoms with Crippen molar-refractivity contribution >= 4 is 45.4 Å². The number of halogens is 3. The van der Waals surface area contributed by atoms with Crippen molar-refractivity contribution in [3.8, 4) is 11.6 Å². The van der Waals surface area contributed by atoms with Crippen molar-refractivity contribution in [1.29, 1.82) is 0 Å². The van der Waals surface area contributed by atoms with Gasteiger partial charge in [0.15, 0.2) is 0 Å². The van der Waals surface area contributed by atoms with E-state index in [9.17, 15) is 28.1 Å². The molecule has 4 aromatic rings. The summed E-state index contributed by atoms with van der Waals surface area (Å²) in [5, 5.41) is 14.4. The summed E-state index contributed by atoms with van der Waals surface area (Å²) >= 11 is 0. The van der Waals surface area contributed by atoms with Gasteiger partial charge in [-0.05, 0) is 37.6 Å². The fraction of sp³-hybridized carbons (Fsp3) is 0.261. The number of nitro groups is 1. The lowest BCUT2D eigenvalue weighted by Crippen LogP contribution is -2.28. The molecule has 198 valence electrons. The molecule has 0 spiro atoms. The summed E-state index contributed by atoms with van der Waals surface area (Å²) in [4.78, 5) is 38.9. The van der Waals surface area contributed by atoms with E-state index in [1.165, 1.54) is 13.0 Å². The third kappa shape index (κ3) is 5.67. The number of fused-ring (bicyclic) bond motifs is 2. The van der Waals surface area contributed by atoms with Crippen LogP contribution < -0.4 is 14.8 Å². The van der Waals surface area contributed by atoms with E-state index in [1.807, 2.05) is 0 Å². The highest BCUT2D eigenvalue weighted by atomic mass is 19.4. The summed E-state index contributed by atoms with van der Waals surface area (Å²) < 4.78 is 53.7. The lowest BCUT2D eigenvalue weighted by atomic mass is 10.1. The molecule has 2 aromatic heterocycles. The molecule has 0 saturated heterocycles. The Hall–Kier alpha value is -4.66. The molecule has 0 aliphatic rings. The molecule has 0 amide bonds. The van der Waals surface area contributed by atoms with E-state index >= 15 is 0 Å². The Morgan fingerprint density at radius 2 is 1.76 bits per heavy atom. The third-order valence-electron chi connectivity index (χ3n) is 5.21. The number of ether oxygens (including phenoxy) is 3. The maximum absolute atomic E-state index is 12.9. The lowest BCUT2D eigenvalue weighted by Gasteiger charge is -2.13. The van der Waals surface area contributed by atoms with E-state index in [1.54, 1.807) is 32.2 Å². The second-order valence-corrected chi connectivity index (χ2v) is 7.93. The van der Waals surface area contributed by atoms with Gasteiger partial charge in [0.1, 0.15) is 12.4 Å². The number of esters is 1. The number of rotatable bonds is 8. The van der Waals surface area contributed by atoms with Crippen LogP contribution in [0.1, 0.15) is 11.3 Å². The van der Waals surface area contributed by atoms with E-state index in [-0.39, 0.29) is 28.4 Å². The van der Waals surface area contributed by atoms with Gasteiger partial charge in [-0.25, -0.2) is 19.7 Å². The summed E-state index contributed by atoms with van der Waals surface area (Å²) in [7, 11) is 1.56. The van der Waals surface area contributed by atoms with Gasteiger partial charge in [-0.15, -0.1) is 0 Å². The van der Waals surface area contributed by atoms with Gasteiger partial charge in [0.2, 0.25) is 17.8 Å². The molecule has 12 nitrogen and oxygen atoms in total. The number of hydrogen-bond donors (Lipinski definition) is 1. The topological polar surface area (TPSA) is 151 Å². The second kappa shape index (κ2) is 10.4. The van der Waals surface area contributed by atoms with E-state index in [2.05, 4.69) is 30.0 Å². The number of benzene rings is 2. The van der Waals surface area contributed by atoms with Gasteiger partial charge in [-0.3, -0.25) is 15.4 Å². The molecule has 0 unspecified atom stereocenters. The number of aromatic nitrogens is 4. The monoisotopic (exact) mass is 532 g/mol. The minimum atomic E-state index is -5.33. The van der Waals surface area contributed by atoms with Gasteiger partial charge in [0, 0.05) is 24.6 Å². The number of carbonyl (C=O) groups is 1. The standard InChI is InChI=1S/C23H19F3N6O6/c1-11-8-13(32(34)35)9-16-18(11)29-22(30-19(16)38-20(33)23(24,25)26)31-21-27-12(2)15-10-14(37-7-6-36-3)4-5-17(15)28-21/h4-5,8-10H,6-7H2,1-3H3,(H,27,28,29,30,31). The molecule has 0 radical (unpaired) electrons. The molecule has 0 atom stereocenters. The molecule has 15 heteroatoms. The third-order valence-corrected chi connectivity index (χ3v) is 5.21. The normalized spacial score (nSPS) is 11.5. The zero-order chi connectivity index (χ0) is 27.6. The number of nitro benzene ring substituents is 1. The fourth-order valence-electron chi connectivity index (χ4n) is 3.49. The average Bonchev–Trinajstić information content (AvgIpc) is 2.84. The van der Waals surface area contributed by atoms with Crippen molar-refractivity contribution in [3.05, 3.63) is 51.7 Å². The van der Waals surface area contributed by atoms with Crippen molar-refractivity contribution in [2.45, 2.75) is 20.0 Å². The summed E-state index contributed by atoms with van der Waals surface area (Å²) in [6.07, 6.45) is -5.33. The van der Waals surface area contributed by atoms with Crippen molar-refractivity contribution < 1.29 is 37.1 Å². The van der Waals surface area contributed by atoms with E-state index in [0.29, 0.717) is 35.6 Å². The van der Waals surface area contributed by atoms with Crippen LogP contribution in [0.2, 0.25) is 0 Å². The SMILES string of the molecule is COCCOc1ccc2nc(Nc3nc(OC(=O)C(F)(F)F)c4cc([N+](=O)[O-])cc(C)c4n3)nc(C)c2c1. The number of nitrogens with one attached hydrogen (secondary N) is 1. The van der Waals surface area contributed by atoms with Crippen LogP contribution in [0.15, 0.2) is 30.3 Å². The number of alkyl halides is 3. The predicted molar refractivity (Wildman–Crippen MR) is 128 cm³/mol. The zero-order valence-electron chi connectivity index (χ0n) is 20.1. The number of hydrogen-bond acceptors (Lipinski definition) is 11. The van der Waals surface area contributed by atoms with Gasteiger partial charge in [-0.2, -0.15) is 18.2 Å². The molecule has 0 aliphatic carbocycles. The highest BCUT2D eigenvalue weighted by molar-refractivity contribution is 5.92. The van der Waals surface area contributed by atoms with Gasteiger partial charge in [0.05, 0.1) is 33.6 Å². The first-order valence-electron chi connectivity index (χ1n) is 10.9. The summed E-state index contributed by atoms with van der Waals surface area (Å²) in [6.45, 7) is 3.94. The number of nitrogens with zero attached hydrogens (tertiary/aromatic N) is 5.